The van der Waals surface area contributed by atoms with E-state index in [2.05, 4.69) is 15.5 Å². The highest BCUT2D eigenvalue weighted by Gasteiger charge is 2.46. The molecule has 4 rings (SSSR count). The SMILES string of the molecule is CC[C@@H](NC(=O)c1ccc(Cc2cc(C)n[nH]c2=O)c(C)c1)C(=O)N1[C@H](c2cccc(F)c2)CC[C@@H]1C(C)(C)O. The molecular formula is C31H37FN4O4. The largest absolute Gasteiger partial charge is 0.388 e. The summed E-state index contributed by atoms with van der Waals surface area (Å²) in [5.74, 6) is -1.09. The van der Waals surface area contributed by atoms with Gasteiger partial charge >= 0.3 is 0 Å². The van der Waals surface area contributed by atoms with Gasteiger partial charge < -0.3 is 15.3 Å². The quantitative estimate of drug-likeness (QED) is 0.392. The Balaban J connectivity index is 1.55. The van der Waals surface area contributed by atoms with Gasteiger partial charge in [0.25, 0.3) is 11.5 Å². The summed E-state index contributed by atoms with van der Waals surface area (Å²) >= 11 is 0. The average molecular weight is 549 g/mol. The number of aryl methyl sites for hydroxylation is 2. The Kier molecular flexibility index (Phi) is 8.54. The van der Waals surface area contributed by atoms with E-state index in [9.17, 15) is 23.9 Å². The van der Waals surface area contributed by atoms with Crippen molar-refractivity contribution in [1.29, 1.82) is 0 Å². The number of nitrogens with one attached hydrogen (secondary N) is 2. The van der Waals surface area contributed by atoms with Crippen LogP contribution < -0.4 is 10.9 Å². The van der Waals surface area contributed by atoms with E-state index in [-0.39, 0.29) is 17.3 Å². The topological polar surface area (TPSA) is 115 Å². The molecule has 0 unspecified atom stereocenters. The first kappa shape index (κ1) is 29.1. The van der Waals surface area contributed by atoms with Crippen LogP contribution in [-0.4, -0.2) is 49.7 Å². The summed E-state index contributed by atoms with van der Waals surface area (Å²) in [6.07, 6.45) is 1.88. The summed E-state index contributed by atoms with van der Waals surface area (Å²) in [5, 5.41) is 20.2. The minimum Gasteiger partial charge on any atom is -0.388 e. The van der Waals surface area contributed by atoms with Gasteiger partial charge in [0.2, 0.25) is 5.91 Å². The maximum Gasteiger partial charge on any atom is 0.267 e. The Labute approximate surface area is 233 Å². The Morgan fingerprint density at radius 3 is 2.55 bits per heavy atom. The zero-order chi connectivity index (χ0) is 29.2. The number of carbonyl (C=O) groups excluding carboxylic acids is 2. The standard InChI is InChI=1S/C31H37FN4O4/c1-6-25(30(39)36-26(12-13-27(36)31(4,5)40)21-8-7-9-24(32)17-21)33-28(37)22-11-10-20(18(2)14-22)16-23-15-19(3)34-35-29(23)38/h7-11,14-15,17,25-27,40H,6,12-13,16H2,1-5H3,(H,33,37)(H,35,38)/t25-,26+,27-/m1/s1. The third-order valence-corrected chi connectivity index (χ3v) is 7.69. The predicted molar refractivity (Wildman–Crippen MR) is 150 cm³/mol. The molecular weight excluding hydrogens is 511 g/mol. The summed E-state index contributed by atoms with van der Waals surface area (Å²) in [7, 11) is 0. The van der Waals surface area contributed by atoms with Crippen LogP contribution in [0.4, 0.5) is 4.39 Å². The molecule has 1 aliphatic heterocycles. The molecule has 2 amide bonds. The fraction of sp³-hybridized carbons (Fsp3) is 0.419. The summed E-state index contributed by atoms with van der Waals surface area (Å²) in [5.41, 5.74) is 2.67. The van der Waals surface area contributed by atoms with Crippen LogP contribution in [0, 0.1) is 19.7 Å². The van der Waals surface area contributed by atoms with E-state index < -0.39 is 29.6 Å². The molecule has 40 heavy (non-hydrogen) atoms. The van der Waals surface area contributed by atoms with Crippen molar-refractivity contribution >= 4 is 11.8 Å². The number of hydrogen-bond acceptors (Lipinski definition) is 5. The molecule has 3 N–H and O–H groups in total. The molecule has 0 bridgehead atoms. The molecule has 212 valence electrons. The Morgan fingerprint density at radius 2 is 1.90 bits per heavy atom. The molecule has 0 saturated carbocycles. The van der Waals surface area contributed by atoms with Crippen molar-refractivity contribution in [3.05, 3.63) is 98.2 Å². The van der Waals surface area contributed by atoms with Crippen molar-refractivity contribution in [3.8, 4) is 0 Å². The predicted octanol–water partition coefficient (Wildman–Crippen LogP) is 4.13. The van der Waals surface area contributed by atoms with Crippen LogP contribution in [0.15, 0.2) is 53.3 Å². The average Bonchev–Trinajstić information content (AvgIpc) is 3.36. The Bertz CT molecular complexity index is 1460. The molecule has 2 heterocycles. The zero-order valence-electron chi connectivity index (χ0n) is 23.6. The molecule has 3 aromatic rings. The maximum absolute atomic E-state index is 14.1. The van der Waals surface area contributed by atoms with Crippen LogP contribution in [0.2, 0.25) is 0 Å². The minimum absolute atomic E-state index is 0.251. The number of aromatic nitrogens is 2. The first-order chi connectivity index (χ1) is 18.9. The van der Waals surface area contributed by atoms with E-state index in [4.69, 9.17) is 0 Å². The number of amides is 2. The lowest BCUT2D eigenvalue weighted by Crippen LogP contribution is -2.55. The van der Waals surface area contributed by atoms with Crippen LogP contribution in [0.1, 0.15) is 84.4 Å². The number of H-pyrrole nitrogens is 1. The second kappa shape index (κ2) is 11.7. The lowest BCUT2D eigenvalue weighted by molar-refractivity contribution is -0.141. The van der Waals surface area contributed by atoms with Crippen LogP contribution in [0.3, 0.4) is 0 Å². The van der Waals surface area contributed by atoms with Crippen LogP contribution >= 0.6 is 0 Å². The highest BCUT2D eigenvalue weighted by molar-refractivity contribution is 5.98. The molecule has 9 heteroatoms. The van der Waals surface area contributed by atoms with Crippen LogP contribution in [-0.2, 0) is 11.2 Å². The zero-order valence-corrected chi connectivity index (χ0v) is 23.6. The molecule has 0 spiro atoms. The maximum atomic E-state index is 14.1. The van der Waals surface area contributed by atoms with Crippen LogP contribution in [0.25, 0.3) is 0 Å². The number of rotatable bonds is 8. The first-order valence-corrected chi connectivity index (χ1v) is 13.6. The highest BCUT2D eigenvalue weighted by atomic mass is 19.1. The molecule has 0 radical (unpaired) electrons. The van der Waals surface area contributed by atoms with Gasteiger partial charge in [0.15, 0.2) is 0 Å². The van der Waals surface area contributed by atoms with Gasteiger partial charge in [-0.1, -0.05) is 25.1 Å². The molecule has 3 atom stereocenters. The van der Waals surface area contributed by atoms with E-state index in [0.717, 1.165) is 11.1 Å². The second-order valence-electron chi connectivity index (χ2n) is 11.2. The van der Waals surface area contributed by atoms with Gasteiger partial charge in [0.1, 0.15) is 11.9 Å². The van der Waals surface area contributed by atoms with Crippen LogP contribution in [0.5, 0.6) is 0 Å². The van der Waals surface area contributed by atoms with Gasteiger partial charge in [-0.2, -0.15) is 5.10 Å². The molecule has 2 aromatic carbocycles. The van der Waals surface area contributed by atoms with E-state index >= 15 is 0 Å². The molecule has 1 aliphatic rings. The monoisotopic (exact) mass is 548 g/mol. The summed E-state index contributed by atoms with van der Waals surface area (Å²) in [6, 6.07) is 11.4. The minimum atomic E-state index is -1.18. The fourth-order valence-electron chi connectivity index (χ4n) is 5.55. The number of hydrogen-bond donors (Lipinski definition) is 3. The molecule has 8 nitrogen and oxygen atoms in total. The fourth-order valence-corrected chi connectivity index (χ4v) is 5.55. The van der Waals surface area contributed by atoms with E-state index in [1.807, 2.05) is 19.9 Å². The summed E-state index contributed by atoms with van der Waals surface area (Å²) in [4.78, 5) is 41.0. The Hall–Kier alpha value is -3.85. The molecule has 1 saturated heterocycles. The smallest absolute Gasteiger partial charge is 0.267 e. The Morgan fingerprint density at radius 1 is 1.15 bits per heavy atom. The third-order valence-electron chi connectivity index (χ3n) is 7.69. The number of carbonyl (C=O) groups is 2. The molecule has 1 aromatic heterocycles. The molecule has 1 fully saturated rings. The number of benzene rings is 2. The van der Waals surface area contributed by atoms with E-state index in [0.29, 0.717) is 48.1 Å². The van der Waals surface area contributed by atoms with E-state index in [1.165, 1.54) is 12.1 Å². The van der Waals surface area contributed by atoms with Gasteiger partial charge in [0, 0.05) is 17.5 Å². The van der Waals surface area contributed by atoms with Crippen molar-refractivity contribution < 1.29 is 19.1 Å². The number of likely N-dealkylation sites (tertiary alicyclic amines) is 1. The molecule has 0 aliphatic carbocycles. The summed E-state index contributed by atoms with van der Waals surface area (Å²) < 4.78 is 14.1. The van der Waals surface area contributed by atoms with Crippen molar-refractivity contribution in [2.75, 3.05) is 0 Å². The normalized spacial score (nSPS) is 18.0. The van der Waals surface area contributed by atoms with Gasteiger partial charge in [-0.15, -0.1) is 0 Å². The number of aromatic amines is 1. The van der Waals surface area contributed by atoms with Crippen molar-refractivity contribution in [2.45, 2.75) is 84.0 Å². The van der Waals surface area contributed by atoms with Gasteiger partial charge in [0.05, 0.1) is 23.4 Å². The van der Waals surface area contributed by atoms with Gasteiger partial charge in [-0.25, -0.2) is 9.49 Å². The van der Waals surface area contributed by atoms with Crippen molar-refractivity contribution in [3.63, 3.8) is 0 Å². The number of halogens is 1. The number of aliphatic hydroxyl groups is 1. The van der Waals surface area contributed by atoms with Crippen molar-refractivity contribution in [2.24, 2.45) is 0 Å². The lowest BCUT2D eigenvalue weighted by Gasteiger charge is -2.39. The lowest BCUT2D eigenvalue weighted by atomic mass is 9.96. The number of nitrogens with zero attached hydrogens (tertiary/aromatic N) is 2. The second-order valence-corrected chi connectivity index (χ2v) is 11.2. The summed E-state index contributed by atoms with van der Waals surface area (Å²) in [6.45, 7) is 8.82. The first-order valence-electron chi connectivity index (χ1n) is 13.6. The highest BCUT2D eigenvalue weighted by Crippen LogP contribution is 2.41. The third kappa shape index (κ3) is 6.31. The van der Waals surface area contributed by atoms with Gasteiger partial charge in [-0.3, -0.25) is 14.4 Å². The van der Waals surface area contributed by atoms with E-state index in [1.54, 1.807) is 56.0 Å². The van der Waals surface area contributed by atoms with Crippen molar-refractivity contribution in [1.82, 2.24) is 20.4 Å². The van der Waals surface area contributed by atoms with Gasteiger partial charge in [-0.05, 0) is 94.0 Å².